The standard InChI is InChI=1S/C15H24N2O2S/c1-11(2)17-7-8-19-13(9-17)10-20(18)15-6-4-5-14(16)12(15)3/h4-6,11,13H,7-10,16H2,1-3H3. The van der Waals surface area contributed by atoms with Crippen molar-refractivity contribution in [3.05, 3.63) is 23.8 Å². The van der Waals surface area contributed by atoms with Crippen molar-refractivity contribution >= 4 is 16.5 Å². The van der Waals surface area contributed by atoms with E-state index in [2.05, 4.69) is 18.7 Å². The van der Waals surface area contributed by atoms with Crippen LogP contribution in [-0.4, -0.2) is 46.7 Å². The highest BCUT2D eigenvalue weighted by atomic mass is 32.2. The molecule has 1 aliphatic heterocycles. The van der Waals surface area contributed by atoms with Crippen LogP contribution in [0.4, 0.5) is 5.69 Å². The first kappa shape index (κ1) is 15.5. The molecule has 0 saturated carbocycles. The fraction of sp³-hybridized carbons (Fsp3) is 0.600. The summed E-state index contributed by atoms with van der Waals surface area (Å²) >= 11 is 0. The van der Waals surface area contributed by atoms with Crippen molar-refractivity contribution < 1.29 is 8.95 Å². The van der Waals surface area contributed by atoms with Gasteiger partial charge in [0, 0.05) is 29.7 Å². The first-order valence-electron chi connectivity index (χ1n) is 7.08. The van der Waals surface area contributed by atoms with Gasteiger partial charge in [0.15, 0.2) is 0 Å². The zero-order chi connectivity index (χ0) is 14.7. The second-order valence-electron chi connectivity index (χ2n) is 5.56. The molecule has 1 aromatic rings. The Labute approximate surface area is 123 Å². The number of rotatable bonds is 4. The van der Waals surface area contributed by atoms with E-state index in [0.717, 1.165) is 30.2 Å². The van der Waals surface area contributed by atoms with Gasteiger partial charge in [-0.3, -0.25) is 9.11 Å². The third-order valence-electron chi connectivity index (χ3n) is 3.81. The molecule has 0 bridgehead atoms. The highest BCUT2D eigenvalue weighted by Crippen LogP contribution is 2.21. The molecular formula is C15H24N2O2S. The van der Waals surface area contributed by atoms with Gasteiger partial charge in [0.1, 0.15) is 0 Å². The van der Waals surface area contributed by atoms with Gasteiger partial charge in [0.25, 0.3) is 0 Å². The van der Waals surface area contributed by atoms with Crippen LogP contribution in [0, 0.1) is 6.92 Å². The van der Waals surface area contributed by atoms with E-state index in [9.17, 15) is 4.21 Å². The average molecular weight is 296 g/mol. The Bertz CT molecular complexity index is 491. The summed E-state index contributed by atoms with van der Waals surface area (Å²) in [4.78, 5) is 3.20. The molecule has 1 saturated heterocycles. The largest absolute Gasteiger partial charge is 0.398 e. The van der Waals surface area contributed by atoms with E-state index in [1.807, 2.05) is 25.1 Å². The number of ether oxygens (including phenoxy) is 1. The summed E-state index contributed by atoms with van der Waals surface area (Å²) in [5, 5.41) is 0. The summed E-state index contributed by atoms with van der Waals surface area (Å²) in [5.41, 5.74) is 7.50. The molecule has 2 rings (SSSR count). The van der Waals surface area contributed by atoms with Gasteiger partial charge in [-0.1, -0.05) is 6.07 Å². The molecule has 2 unspecified atom stereocenters. The number of hydrogen-bond acceptors (Lipinski definition) is 4. The second kappa shape index (κ2) is 6.70. The normalized spacial score (nSPS) is 22.1. The summed E-state index contributed by atoms with van der Waals surface area (Å²) in [7, 11) is -1.06. The topological polar surface area (TPSA) is 55.6 Å². The first-order valence-corrected chi connectivity index (χ1v) is 8.40. The van der Waals surface area contributed by atoms with Crippen molar-refractivity contribution in [1.29, 1.82) is 0 Å². The third-order valence-corrected chi connectivity index (χ3v) is 5.42. The van der Waals surface area contributed by atoms with Crippen LogP contribution in [0.1, 0.15) is 19.4 Å². The molecule has 2 N–H and O–H groups in total. The molecule has 20 heavy (non-hydrogen) atoms. The van der Waals surface area contributed by atoms with Crippen molar-refractivity contribution in [2.45, 2.75) is 37.8 Å². The number of nitrogens with zero attached hydrogens (tertiary/aromatic N) is 1. The fourth-order valence-corrected chi connectivity index (χ4v) is 3.86. The van der Waals surface area contributed by atoms with Crippen LogP contribution in [0.5, 0.6) is 0 Å². The number of nitrogens with two attached hydrogens (primary N) is 1. The Morgan fingerprint density at radius 3 is 2.95 bits per heavy atom. The van der Waals surface area contributed by atoms with E-state index in [4.69, 9.17) is 10.5 Å². The van der Waals surface area contributed by atoms with Gasteiger partial charge >= 0.3 is 0 Å². The molecule has 0 spiro atoms. The molecule has 4 nitrogen and oxygen atoms in total. The van der Waals surface area contributed by atoms with E-state index in [1.54, 1.807) is 0 Å². The van der Waals surface area contributed by atoms with E-state index in [1.165, 1.54) is 0 Å². The maximum Gasteiger partial charge on any atom is 0.0821 e. The lowest BCUT2D eigenvalue weighted by Gasteiger charge is -2.35. The molecule has 0 radical (unpaired) electrons. The smallest absolute Gasteiger partial charge is 0.0821 e. The number of benzene rings is 1. The molecule has 0 amide bonds. The summed E-state index contributed by atoms with van der Waals surface area (Å²) in [6, 6.07) is 6.10. The fourth-order valence-electron chi connectivity index (χ4n) is 2.45. The minimum absolute atomic E-state index is 0.0350. The number of anilines is 1. The third kappa shape index (κ3) is 3.59. The van der Waals surface area contributed by atoms with Crippen molar-refractivity contribution in [3.8, 4) is 0 Å². The number of morpholine rings is 1. The SMILES string of the molecule is Cc1c(N)cccc1S(=O)CC1CN(C(C)C)CCO1. The Kier molecular flexibility index (Phi) is 5.18. The van der Waals surface area contributed by atoms with Gasteiger partial charge in [0.2, 0.25) is 0 Å². The predicted octanol–water partition coefficient (Wildman–Crippen LogP) is 1.79. The summed E-state index contributed by atoms with van der Waals surface area (Å²) in [5.74, 6) is 0.535. The quantitative estimate of drug-likeness (QED) is 0.861. The zero-order valence-corrected chi connectivity index (χ0v) is 13.3. The maximum absolute atomic E-state index is 12.5. The Hall–Kier alpha value is -0.910. The molecule has 112 valence electrons. The minimum Gasteiger partial charge on any atom is -0.398 e. The highest BCUT2D eigenvalue weighted by Gasteiger charge is 2.24. The molecule has 1 heterocycles. The Morgan fingerprint density at radius 1 is 1.50 bits per heavy atom. The highest BCUT2D eigenvalue weighted by molar-refractivity contribution is 7.85. The van der Waals surface area contributed by atoms with Gasteiger partial charge < -0.3 is 10.5 Å². The van der Waals surface area contributed by atoms with Gasteiger partial charge in [0.05, 0.1) is 29.3 Å². The first-order chi connectivity index (χ1) is 9.49. The number of hydrogen-bond donors (Lipinski definition) is 1. The minimum atomic E-state index is -1.06. The molecule has 5 heteroatoms. The lowest BCUT2D eigenvalue weighted by atomic mass is 10.2. The summed E-state index contributed by atoms with van der Waals surface area (Å²) in [6.07, 6.45) is 0.0350. The van der Waals surface area contributed by atoms with Gasteiger partial charge in [-0.05, 0) is 38.5 Å². The van der Waals surface area contributed by atoms with Crippen LogP contribution in [0.25, 0.3) is 0 Å². The molecule has 2 atom stereocenters. The molecule has 0 aliphatic carbocycles. The summed E-state index contributed by atoms with van der Waals surface area (Å²) in [6.45, 7) is 8.81. The van der Waals surface area contributed by atoms with Gasteiger partial charge in [-0.2, -0.15) is 0 Å². The second-order valence-corrected chi connectivity index (χ2v) is 7.03. The van der Waals surface area contributed by atoms with E-state index in [0.29, 0.717) is 17.5 Å². The van der Waals surface area contributed by atoms with E-state index in [-0.39, 0.29) is 6.10 Å². The van der Waals surface area contributed by atoms with Gasteiger partial charge in [-0.15, -0.1) is 0 Å². The molecule has 0 aromatic heterocycles. The van der Waals surface area contributed by atoms with Crippen LogP contribution in [-0.2, 0) is 15.5 Å². The van der Waals surface area contributed by atoms with E-state index < -0.39 is 10.8 Å². The molecule has 1 fully saturated rings. The van der Waals surface area contributed by atoms with Crippen LogP contribution in [0.15, 0.2) is 23.1 Å². The van der Waals surface area contributed by atoms with Crippen molar-refractivity contribution in [2.75, 3.05) is 31.2 Å². The average Bonchev–Trinajstić information content (AvgIpc) is 2.42. The van der Waals surface area contributed by atoms with Crippen LogP contribution in [0.2, 0.25) is 0 Å². The Morgan fingerprint density at radius 2 is 2.25 bits per heavy atom. The van der Waals surface area contributed by atoms with Crippen LogP contribution in [0.3, 0.4) is 0 Å². The summed E-state index contributed by atoms with van der Waals surface area (Å²) < 4.78 is 18.3. The zero-order valence-electron chi connectivity index (χ0n) is 12.5. The molecule has 1 aliphatic rings. The van der Waals surface area contributed by atoms with Crippen LogP contribution < -0.4 is 5.73 Å². The van der Waals surface area contributed by atoms with Crippen molar-refractivity contribution in [2.24, 2.45) is 0 Å². The van der Waals surface area contributed by atoms with E-state index >= 15 is 0 Å². The molecule has 1 aromatic carbocycles. The monoisotopic (exact) mass is 296 g/mol. The van der Waals surface area contributed by atoms with Gasteiger partial charge in [-0.25, -0.2) is 0 Å². The lowest BCUT2D eigenvalue weighted by molar-refractivity contribution is -0.0268. The predicted molar refractivity (Wildman–Crippen MR) is 83.3 cm³/mol. The van der Waals surface area contributed by atoms with Crippen LogP contribution >= 0.6 is 0 Å². The maximum atomic E-state index is 12.5. The van der Waals surface area contributed by atoms with Crippen molar-refractivity contribution in [1.82, 2.24) is 4.90 Å². The molecular weight excluding hydrogens is 272 g/mol. The Balaban J connectivity index is 2.02. The van der Waals surface area contributed by atoms with Crippen molar-refractivity contribution in [3.63, 3.8) is 0 Å². The lowest BCUT2D eigenvalue weighted by Crippen LogP contribution is -2.47. The number of nitrogen functional groups attached to an aromatic ring is 1.